The van der Waals surface area contributed by atoms with E-state index in [1.54, 1.807) is 12.1 Å². The van der Waals surface area contributed by atoms with Gasteiger partial charge in [0.05, 0.1) is 7.11 Å². The Kier molecular flexibility index (Phi) is 3.53. The number of amides is 1. The number of nitrogens with zero attached hydrogens (tertiary/aromatic N) is 1. The van der Waals surface area contributed by atoms with Crippen LogP contribution in [0.25, 0.3) is 0 Å². The first-order chi connectivity index (χ1) is 9.69. The normalized spacial score (nSPS) is 25.4. The summed E-state index contributed by atoms with van der Waals surface area (Å²) in [5.74, 6) is 0.949. The maximum Gasteiger partial charge on any atom is 0.254 e. The highest BCUT2D eigenvalue weighted by molar-refractivity contribution is 5.95. The Morgan fingerprint density at radius 1 is 1.45 bits per heavy atom. The topological polar surface area (TPSA) is 61.8 Å². The molecule has 0 aromatic heterocycles. The van der Waals surface area contributed by atoms with Crippen molar-refractivity contribution < 1.29 is 14.6 Å². The van der Waals surface area contributed by atoms with E-state index in [-0.39, 0.29) is 11.7 Å². The first-order valence-electron chi connectivity index (χ1n) is 7.08. The van der Waals surface area contributed by atoms with Crippen molar-refractivity contribution in [2.24, 2.45) is 5.92 Å². The molecule has 2 fully saturated rings. The van der Waals surface area contributed by atoms with Gasteiger partial charge in [0.1, 0.15) is 0 Å². The summed E-state index contributed by atoms with van der Waals surface area (Å²) in [4.78, 5) is 14.4. The van der Waals surface area contributed by atoms with Gasteiger partial charge < -0.3 is 20.1 Å². The number of methoxy groups -OCH3 is 1. The van der Waals surface area contributed by atoms with Gasteiger partial charge in [-0.15, -0.1) is 0 Å². The van der Waals surface area contributed by atoms with E-state index < -0.39 is 0 Å². The molecule has 1 aromatic rings. The van der Waals surface area contributed by atoms with E-state index in [4.69, 9.17) is 4.74 Å². The summed E-state index contributed by atoms with van der Waals surface area (Å²) in [6, 6.07) is 5.25. The molecule has 0 saturated carbocycles. The zero-order valence-corrected chi connectivity index (χ0v) is 11.6. The number of ether oxygens (including phenoxy) is 1. The lowest BCUT2D eigenvalue weighted by atomic mass is 9.94. The van der Waals surface area contributed by atoms with Crippen LogP contribution in [0.3, 0.4) is 0 Å². The lowest BCUT2D eigenvalue weighted by Crippen LogP contribution is -2.41. The molecule has 3 rings (SSSR count). The zero-order valence-electron chi connectivity index (χ0n) is 11.6. The van der Waals surface area contributed by atoms with E-state index in [9.17, 15) is 9.90 Å². The SMILES string of the molecule is COc1ccc(C(=O)N2CC3CCCNC3C2)cc1O. The van der Waals surface area contributed by atoms with Crippen LogP contribution in [0.15, 0.2) is 18.2 Å². The van der Waals surface area contributed by atoms with Gasteiger partial charge in [-0.05, 0) is 43.5 Å². The summed E-state index contributed by atoms with van der Waals surface area (Å²) in [7, 11) is 1.49. The van der Waals surface area contributed by atoms with E-state index in [1.165, 1.54) is 26.0 Å². The zero-order chi connectivity index (χ0) is 14.1. The maximum absolute atomic E-state index is 12.5. The van der Waals surface area contributed by atoms with Crippen LogP contribution in [0.1, 0.15) is 23.2 Å². The Balaban J connectivity index is 1.74. The van der Waals surface area contributed by atoms with Gasteiger partial charge in [0.25, 0.3) is 5.91 Å². The van der Waals surface area contributed by atoms with Crippen molar-refractivity contribution in [3.63, 3.8) is 0 Å². The Hall–Kier alpha value is -1.75. The molecular formula is C15H20N2O3. The van der Waals surface area contributed by atoms with E-state index in [0.717, 1.165) is 19.6 Å². The number of aromatic hydroxyl groups is 1. The number of carbonyl (C=O) groups excluding carboxylic acids is 1. The maximum atomic E-state index is 12.5. The van der Waals surface area contributed by atoms with Crippen LogP contribution in [0, 0.1) is 5.92 Å². The van der Waals surface area contributed by atoms with Gasteiger partial charge in [0.15, 0.2) is 11.5 Å². The van der Waals surface area contributed by atoms with E-state index in [2.05, 4.69) is 5.32 Å². The van der Waals surface area contributed by atoms with E-state index in [1.807, 2.05) is 4.90 Å². The molecule has 1 amide bonds. The predicted molar refractivity (Wildman–Crippen MR) is 75.1 cm³/mol. The van der Waals surface area contributed by atoms with Gasteiger partial charge in [0.2, 0.25) is 0 Å². The summed E-state index contributed by atoms with van der Waals surface area (Å²) >= 11 is 0. The van der Waals surface area contributed by atoms with Crippen molar-refractivity contribution in [3.05, 3.63) is 23.8 Å². The summed E-state index contributed by atoms with van der Waals surface area (Å²) in [5, 5.41) is 13.3. The van der Waals surface area contributed by atoms with Crippen LogP contribution < -0.4 is 10.1 Å². The highest BCUT2D eigenvalue weighted by Gasteiger charge is 2.36. The monoisotopic (exact) mass is 276 g/mol. The minimum Gasteiger partial charge on any atom is -0.504 e. The summed E-state index contributed by atoms with van der Waals surface area (Å²) < 4.78 is 5.00. The third-order valence-corrected chi connectivity index (χ3v) is 4.31. The lowest BCUT2D eigenvalue weighted by Gasteiger charge is -2.24. The van der Waals surface area contributed by atoms with Gasteiger partial charge in [-0.3, -0.25) is 4.79 Å². The molecule has 1 aromatic carbocycles. The Labute approximate surface area is 118 Å². The van der Waals surface area contributed by atoms with E-state index in [0.29, 0.717) is 23.3 Å². The molecular weight excluding hydrogens is 256 g/mol. The molecule has 2 N–H and O–H groups in total. The molecule has 0 spiro atoms. The van der Waals surface area contributed by atoms with Gasteiger partial charge in [-0.1, -0.05) is 0 Å². The van der Waals surface area contributed by atoms with Crippen molar-refractivity contribution in [1.29, 1.82) is 0 Å². The van der Waals surface area contributed by atoms with Gasteiger partial charge in [0, 0.05) is 24.7 Å². The fourth-order valence-corrected chi connectivity index (χ4v) is 3.22. The van der Waals surface area contributed by atoms with Crippen molar-refractivity contribution >= 4 is 5.91 Å². The quantitative estimate of drug-likeness (QED) is 0.853. The fraction of sp³-hybridized carbons (Fsp3) is 0.533. The summed E-state index contributed by atoms with van der Waals surface area (Å²) in [6.45, 7) is 2.62. The molecule has 2 aliphatic heterocycles. The number of benzene rings is 1. The third kappa shape index (κ3) is 2.33. The number of hydrogen-bond acceptors (Lipinski definition) is 4. The van der Waals surface area contributed by atoms with Gasteiger partial charge in [-0.25, -0.2) is 0 Å². The number of piperidine rings is 1. The second kappa shape index (κ2) is 5.32. The summed E-state index contributed by atoms with van der Waals surface area (Å²) in [5.41, 5.74) is 0.516. The Bertz CT molecular complexity index is 504. The van der Waals surface area contributed by atoms with Crippen molar-refractivity contribution in [2.45, 2.75) is 18.9 Å². The number of nitrogens with one attached hydrogen (secondary N) is 1. The minimum atomic E-state index is -0.0147. The van der Waals surface area contributed by atoms with Gasteiger partial charge >= 0.3 is 0 Å². The largest absolute Gasteiger partial charge is 0.504 e. The second-order valence-electron chi connectivity index (χ2n) is 5.56. The molecule has 5 heteroatoms. The van der Waals surface area contributed by atoms with Crippen LogP contribution >= 0.6 is 0 Å². The minimum absolute atomic E-state index is 0.00749. The highest BCUT2D eigenvalue weighted by atomic mass is 16.5. The number of rotatable bonds is 2. The van der Waals surface area contributed by atoms with Gasteiger partial charge in [-0.2, -0.15) is 0 Å². The second-order valence-corrected chi connectivity index (χ2v) is 5.56. The average molecular weight is 276 g/mol. The number of fused-ring (bicyclic) bond motifs is 1. The average Bonchev–Trinajstić information content (AvgIpc) is 2.90. The summed E-state index contributed by atoms with van der Waals surface area (Å²) in [6.07, 6.45) is 2.38. The number of carbonyl (C=O) groups is 1. The molecule has 2 heterocycles. The number of hydrogen-bond donors (Lipinski definition) is 2. The number of phenolic OH excluding ortho intramolecular Hbond substituents is 1. The van der Waals surface area contributed by atoms with Crippen LogP contribution in [0.2, 0.25) is 0 Å². The van der Waals surface area contributed by atoms with Crippen molar-refractivity contribution in [3.8, 4) is 11.5 Å². The lowest BCUT2D eigenvalue weighted by molar-refractivity contribution is 0.0785. The Morgan fingerprint density at radius 2 is 2.30 bits per heavy atom. The molecule has 20 heavy (non-hydrogen) atoms. The van der Waals surface area contributed by atoms with Crippen molar-refractivity contribution in [2.75, 3.05) is 26.7 Å². The predicted octanol–water partition coefficient (Wildman–Crippen LogP) is 1.22. The molecule has 2 unspecified atom stereocenters. The molecule has 108 valence electrons. The molecule has 2 aliphatic rings. The van der Waals surface area contributed by atoms with Crippen LogP contribution in [0.5, 0.6) is 11.5 Å². The third-order valence-electron chi connectivity index (χ3n) is 4.31. The molecule has 2 saturated heterocycles. The Morgan fingerprint density at radius 3 is 3.00 bits per heavy atom. The molecule has 0 bridgehead atoms. The molecule has 0 aliphatic carbocycles. The van der Waals surface area contributed by atoms with Crippen molar-refractivity contribution in [1.82, 2.24) is 10.2 Å². The highest BCUT2D eigenvalue weighted by Crippen LogP contribution is 2.29. The smallest absolute Gasteiger partial charge is 0.254 e. The molecule has 0 radical (unpaired) electrons. The fourth-order valence-electron chi connectivity index (χ4n) is 3.22. The molecule has 5 nitrogen and oxygen atoms in total. The number of likely N-dealkylation sites (tertiary alicyclic amines) is 1. The molecule has 2 atom stereocenters. The van der Waals surface area contributed by atoms with Crippen LogP contribution in [0.4, 0.5) is 0 Å². The van der Waals surface area contributed by atoms with E-state index >= 15 is 0 Å². The first-order valence-corrected chi connectivity index (χ1v) is 7.08. The standard InChI is InChI=1S/C15H20N2O3/c1-20-14-5-4-10(7-13(14)18)15(19)17-8-11-3-2-6-16-12(11)9-17/h4-5,7,11-12,16,18H,2-3,6,8-9H2,1H3. The number of phenols is 1. The van der Waals surface area contributed by atoms with Crippen LogP contribution in [-0.2, 0) is 0 Å². The van der Waals surface area contributed by atoms with Crippen LogP contribution in [-0.4, -0.2) is 48.7 Å². The first kappa shape index (κ1) is 13.2.